The molecule has 1 heterocycles. The molecule has 0 bridgehead atoms. The van der Waals surface area contributed by atoms with Gasteiger partial charge in [0.15, 0.2) is 12.4 Å². The van der Waals surface area contributed by atoms with E-state index in [1.54, 1.807) is 0 Å². The summed E-state index contributed by atoms with van der Waals surface area (Å²) in [6, 6.07) is 0. The molecule has 4 saturated carbocycles. The van der Waals surface area contributed by atoms with Gasteiger partial charge in [-0.3, -0.25) is 4.79 Å². The second kappa shape index (κ2) is 8.31. The minimum atomic E-state index is -1.70. The topological polar surface area (TPSA) is 134 Å². The molecule has 0 aromatic rings. The maximum atomic E-state index is 12.5. The Morgan fingerprint density at radius 1 is 0.969 bits per heavy atom. The first kappa shape index (κ1) is 22.7. The molecule has 0 spiro atoms. The minimum Gasteiger partial charge on any atom is -0.479 e. The Morgan fingerprint density at radius 2 is 1.72 bits per heavy atom. The molecule has 32 heavy (non-hydrogen) atoms. The van der Waals surface area contributed by atoms with E-state index in [1.807, 2.05) is 0 Å². The van der Waals surface area contributed by atoms with Gasteiger partial charge in [-0.1, -0.05) is 6.92 Å². The maximum Gasteiger partial charge on any atom is 0.335 e. The number of carbonyl (C=O) groups is 2. The molecule has 4 aliphatic carbocycles. The smallest absolute Gasteiger partial charge is 0.335 e. The molecule has 5 aliphatic rings. The molecule has 12 atom stereocenters. The average molecular weight is 453 g/mol. The van der Waals surface area contributed by atoms with E-state index in [9.17, 15) is 30.0 Å². The monoisotopic (exact) mass is 452 g/mol. The van der Waals surface area contributed by atoms with Crippen LogP contribution in [-0.2, 0) is 19.1 Å². The van der Waals surface area contributed by atoms with Crippen LogP contribution >= 0.6 is 0 Å². The van der Waals surface area contributed by atoms with E-state index >= 15 is 0 Å². The number of carboxylic acid groups (broad SMARTS) is 1. The van der Waals surface area contributed by atoms with Crippen molar-refractivity contribution in [3.63, 3.8) is 0 Å². The number of aliphatic hydroxyl groups is 3. The summed E-state index contributed by atoms with van der Waals surface area (Å²) in [4.78, 5) is 23.9. The summed E-state index contributed by atoms with van der Waals surface area (Å²) >= 11 is 0. The molecular weight excluding hydrogens is 416 g/mol. The summed E-state index contributed by atoms with van der Waals surface area (Å²) in [5.74, 6) is 2.08. The van der Waals surface area contributed by atoms with E-state index in [2.05, 4.69) is 6.92 Å². The van der Waals surface area contributed by atoms with Gasteiger partial charge in [-0.25, -0.2) is 4.79 Å². The van der Waals surface area contributed by atoms with E-state index in [1.165, 1.54) is 0 Å². The molecule has 8 nitrogen and oxygen atoms in total. The van der Waals surface area contributed by atoms with Gasteiger partial charge in [0.25, 0.3) is 0 Å². The lowest BCUT2D eigenvalue weighted by Gasteiger charge is -2.55. The van der Waals surface area contributed by atoms with Gasteiger partial charge in [-0.2, -0.15) is 0 Å². The van der Waals surface area contributed by atoms with Crippen molar-refractivity contribution in [3.05, 3.63) is 0 Å². The molecule has 0 amide bonds. The van der Waals surface area contributed by atoms with Gasteiger partial charge in [0.05, 0.1) is 6.10 Å². The number of aliphatic carboxylic acids is 1. The van der Waals surface area contributed by atoms with Crippen LogP contribution in [0, 0.1) is 35.0 Å². The summed E-state index contributed by atoms with van der Waals surface area (Å²) in [6.07, 6.45) is 0.950. The van der Waals surface area contributed by atoms with Crippen LogP contribution in [0.5, 0.6) is 0 Å². The third kappa shape index (κ3) is 3.54. The van der Waals surface area contributed by atoms with Crippen molar-refractivity contribution in [3.8, 4) is 0 Å². The van der Waals surface area contributed by atoms with E-state index in [4.69, 9.17) is 9.47 Å². The first-order chi connectivity index (χ1) is 15.2. The van der Waals surface area contributed by atoms with E-state index in [0.717, 1.165) is 57.8 Å². The Labute approximate surface area is 188 Å². The first-order valence-corrected chi connectivity index (χ1v) is 12.3. The molecule has 4 N–H and O–H groups in total. The zero-order valence-electron chi connectivity index (χ0n) is 18.6. The molecule has 180 valence electrons. The largest absolute Gasteiger partial charge is 0.479 e. The Morgan fingerprint density at radius 3 is 2.47 bits per heavy atom. The van der Waals surface area contributed by atoms with Crippen molar-refractivity contribution in [1.29, 1.82) is 0 Å². The SMILES string of the molecule is C[C@]12CCC3C(CC[C@H]4C[C@H](O[C@@H]5O[C@H](C(=O)O)[C@@H](O)[C@H](O)[C@H]5O)CC[C@H]34)C1CCC2=O. The van der Waals surface area contributed by atoms with Crippen molar-refractivity contribution in [2.75, 3.05) is 0 Å². The highest BCUT2D eigenvalue weighted by Gasteiger charge is 2.57. The molecule has 0 aromatic carbocycles. The van der Waals surface area contributed by atoms with Gasteiger partial charge in [0, 0.05) is 11.8 Å². The molecule has 5 fully saturated rings. The van der Waals surface area contributed by atoms with Crippen molar-refractivity contribution >= 4 is 11.8 Å². The highest BCUT2D eigenvalue weighted by molar-refractivity contribution is 5.87. The highest BCUT2D eigenvalue weighted by atomic mass is 16.7. The molecule has 0 radical (unpaired) electrons. The molecule has 8 heteroatoms. The van der Waals surface area contributed by atoms with Crippen LogP contribution in [0.2, 0.25) is 0 Å². The molecule has 5 rings (SSSR count). The normalized spacial score (nSPS) is 53.2. The number of Topliss-reactive ketones (excluding diaryl/α,β-unsaturated/α-hetero) is 1. The predicted molar refractivity (Wildman–Crippen MR) is 111 cm³/mol. The predicted octanol–water partition coefficient (Wildman–Crippen LogP) is 1.49. The van der Waals surface area contributed by atoms with Gasteiger partial charge in [-0.15, -0.1) is 0 Å². The fourth-order valence-corrected chi connectivity index (χ4v) is 8.06. The quantitative estimate of drug-likeness (QED) is 0.473. The number of ether oxygens (including phenoxy) is 2. The summed E-state index contributed by atoms with van der Waals surface area (Å²) < 4.78 is 11.3. The third-order valence-corrected chi connectivity index (χ3v) is 9.75. The standard InChI is InChI=1S/C24H36O8/c1-24-9-8-14-13-5-3-12(10-11(13)2-4-15(14)16(24)6-7-17(24)25)31-23-20(28)18(26)19(27)21(32-23)22(29)30/h11-16,18-21,23,26-28H,2-10H2,1H3,(H,29,30)/t11-,12+,13-,14?,15?,16?,18-,19-,20+,21-,23+,24-/m0/s1. The lowest BCUT2D eigenvalue weighted by molar-refractivity contribution is -0.308. The van der Waals surface area contributed by atoms with Crippen LogP contribution in [0.25, 0.3) is 0 Å². The minimum absolute atomic E-state index is 0.102. The average Bonchev–Trinajstić information content (AvgIpc) is 3.08. The fraction of sp³-hybridized carbons (Fsp3) is 0.917. The number of rotatable bonds is 3. The third-order valence-electron chi connectivity index (χ3n) is 9.75. The van der Waals surface area contributed by atoms with Crippen LogP contribution in [0.15, 0.2) is 0 Å². The number of carboxylic acids is 1. The first-order valence-electron chi connectivity index (χ1n) is 12.3. The van der Waals surface area contributed by atoms with E-state index in [0.29, 0.717) is 35.4 Å². The molecule has 1 aliphatic heterocycles. The number of hydrogen-bond donors (Lipinski definition) is 4. The number of aliphatic hydroxyl groups excluding tert-OH is 3. The van der Waals surface area contributed by atoms with Crippen molar-refractivity contribution in [2.24, 2.45) is 35.0 Å². The number of fused-ring (bicyclic) bond motifs is 5. The summed E-state index contributed by atoms with van der Waals surface area (Å²) in [6.45, 7) is 2.20. The summed E-state index contributed by atoms with van der Waals surface area (Å²) in [7, 11) is 0. The second-order valence-electron chi connectivity index (χ2n) is 11.2. The molecule has 3 unspecified atom stereocenters. The van der Waals surface area contributed by atoms with Gasteiger partial charge >= 0.3 is 5.97 Å². The number of ketones is 1. The van der Waals surface area contributed by atoms with Crippen molar-refractivity contribution < 1.29 is 39.5 Å². The van der Waals surface area contributed by atoms with Gasteiger partial charge in [0.1, 0.15) is 24.1 Å². The Kier molecular flexibility index (Phi) is 5.90. The van der Waals surface area contributed by atoms with Crippen LogP contribution in [0.3, 0.4) is 0 Å². The Balaban J connectivity index is 1.22. The molecular formula is C24H36O8. The second-order valence-corrected chi connectivity index (χ2v) is 11.2. The van der Waals surface area contributed by atoms with Crippen LogP contribution < -0.4 is 0 Å². The zero-order valence-corrected chi connectivity index (χ0v) is 18.6. The Bertz CT molecular complexity index is 756. The lowest BCUT2D eigenvalue weighted by Crippen LogP contribution is -2.61. The lowest BCUT2D eigenvalue weighted by atomic mass is 9.50. The van der Waals surface area contributed by atoms with Gasteiger partial charge in [-0.05, 0) is 81.0 Å². The zero-order chi connectivity index (χ0) is 22.8. The van der Waals surface area contributed by atoms with Crippen LogP contribution in [-0.4, -0.2) is 69.0 Å². The summed E-state index contributed by atoms with van der Waals surface area (Å²) in [5.41, 5.74) is -0.102. The maximum absolute atomic E-state index is 12.5. The highest BCUT2D eigenvalue weighted by Crippen LogP contribution is 2.61. The summed E-state index contributed by atoms with van der Waals surface area (Å²) in [5, 5.41) is 39.4. The molecule has 0 aromatic heterocycles. The Hall–Kier alpha value is -1.06. The van der Waals surface area contributed by atoms with Crippen molar-refractivity contribution in [2.45, 2.75) is 102 Å². The van der Waals surface area contributed by atoms with Crippen molar-refractivity contribution in [1.82, 2.24) is 0 Å². The van der Waals surface area contributed by atoms with E-state index in [-0.39, 0.29) is 11.5 Å². The van der Waals surface area contributed by atoms with Gasteiger partial charge in [0.2, 0.25) is 0 Å². The number of hydrogen-bond acceptors (Lipinski definition) is 7. The van der Waals surface area contributed by atoms with Crippen LogP contribution in [0.4, 0.5) is 0 Å². The molecule has 1 saturated heterocycles. The van der Waals surface area contributed by atoms with Gasteiger partial charge < -0.3 is 29.9 Å². The van der Waals surface area contributed by atoms with E-state index < -0.39 is 36.7 Å². The fourth-order valence-electron chi connectivity index (χ4n) is 8.06. The van der Waals surface area contributed by atoms with Crippen LogP contribution in [0.1, 0.15) is 64.7 Å². The number of carbonyl (C=O) groups excluding carboxylic acids is 1.